The molecule has 5 N–H and O–H groups in total. The summed E-state index contributed by atoms with van der Waals surface area (Å²) in [5.74, 6) is -0.624. The third-order valence-corrected chi connectivity index (χ3v) is 10.7. The van der Waals surface area contributed by atoms with Crippen molar-refractivity contribution in [2.45, 2.75) is 123 Å². The van der Waals surface area contributed by atoms with Gasteiger partial charge in [-0.05, 0) is 61.6 Å². The summed E-state index contributed by atoms with van der Waals surface area (Å²) in [6.45, 7) is 18.4. The highest BCUT2D eigenvalue weighted by Crippen LogP contribution is 2.35. The van der Waals surface area contributed by atoms with Crippen LogP contribution in [0.5, 0.6) is 0 Å². The molecule has 1 heterocycles. The lowest BCUT2D eigenvalue weighted by atomic mass is 9.79. The van der Waals surface area contributed by atoms with E-state index in [1.807, 2.05) is 63.8 Å². The molecule has 0 unspecified atom stereocenters. The van der Waals surface area contributed by atoms with Gasteiger partial charge in [-0.25, -0.2) is 4.98 Å². The Bertz CT molecular complexity index is 1410. The molecule has 272 valence electrons. The Morgan fingerprint density at radius 3 is 2.39 bits per heavy atom. The van der Waals surface area contributed by atoms with Crippen LogP contribution in [0.25, 0.3) is 0 Å². The Morgan fingerprint density at radius 2 is 1.80 bits per heavy atom. The molecule has 0 aliphatic heterocycles. The maximum Gasteiger partial charge on any atom is 0.270 e. The van der Waals surface area contributed by atoms with Gasteiger partial charge in [0.2, 0.25) is 11.8 Å². The van der Waals surface area contributed by atoms with Gasteiger partial charge in [-0.2, -0.15) is 0 Å². The minimum absolute atomic E-state index is 0.00978. The molecule has 1 aliphatic rings. The fourth-order valence-electron chi connectivity index (χ4n) is 6.76. The predicted molar refractivity (Wildman–Crippen MR) is 197 cm³/mol. The number of fused-ring (bicyclic) bond motifs is 1. The van der Waals surface area contributed by atoms with E-state index in [4.69, 9.17) is 0 Å². The van der Waals surface area contributed by atoms with E-state index >= 15 is 0 Å². The molecular formula is C38H59N5O5S. The molecule has 0 bridgehead atoms. The van der Waals surface area contributed by atoms with E-state index in [2.05, 4.69) is 41.4 Å². The van der Waals surface area contributed by atoms with E-state index in [-0.39, 0.29) is 65.4 Å². The van der Waals surface area contributed by atoms with Crippen molar-refractivity contribution in [3.63, 3.8) is 0 Å². The van der Waals surface area contributed by atoms with Crippen molar-refractivity contribution in [3.8, 4) is 0 Å². The van der Waals surface area contributed by atoms with Crippen LogP contribution in [0.2, 0.25) is 0 Å². The second-order valence-electron chi connectivity index (χ2n) is 14.4. The molecule has 49 heavy (non-hydrogen) atoms. The van der Waals surface area contributed by atoms with E-state index in [9.17, 15) is 24.6 Å². The van der Waals surface area contributed by atoms with Crippen molar-refractivity contribution >= 4 is 29.1 Å². The van der Waals surface area contributed by atoms with Gasteiger partial charge < -0.3 is 31.1 Å². The molecule has 1 aromatic heterocycles. The highest BCUT2D eigenvalue weighted by molar-refractivity contribution is 7.09. The Morgan fingerprint density at radius 1 is 1.10 bits per heavy atom. The quantitative estimate of drug-likeness (QED) is 0.122. The van der Waals surface area contributed by atoms with Gasteiger partial charge in [-0.3, -0.25) is 14.4 Å². The normalized spacial score (nSPS) is 19.0. The molecule has 0 fully saturated rings. The molecule has 11 heteroatoms. The van der Waals surface area contributed by atoms with Crippen LogP contribution in [0.3, 0.4) is 0 Å². The number of hydrogen-bond donors (Lipinski definition) is 5. The second-order valence-corrected chi connectivity index (χ2v) is 15.3. The largest absolute Gasteiger partial charge is 0.512 e. The van der Waals surface area contributed by atoms with E-state index in [1.165, 1.54) is 11.3 Å². The number of thiazole rings is 1. The number of aliphatic hydroxyl groups is 2. The zero-order chi connectivity index (χ0) is 36.4. The molecule has 3 rings (SSSR count). The molecular weight excluding hydrogens is 639 g/mol. The third-order valence-electron chi connectivity index (χ3n) is 9.73. The van der Waals surface area contributed by atoms with Crippen LogP contribution in [0.1, 0.15) is 119 Å². The average Bonchev–Trinajstić information content (AvgIpc) is 3.57. The second kappa shape index (κ2) is 18.6. The zero-order valence-electron chi connectivity index (χ0n) is 30.7. The van der Waals surface area contributed by atoms with E-state index in [0.29, 0.717) is 43.2 Å². The van der Waals surface area contributed by atoms with Gasteiger partial charge in [0.25, 0.3) is 5.91 Å². The molecule has 7 atom stereocenters. The Kier molecular flexibility index (Phi) is 15.3. The monoisotopic (exact) mass is 697 g/mol. The van der Waals surface area contributed by atoms with Crippen LogP contribution in [0.15, 0.2) is 42.0 Å². The topological polar surface area (TPSA) is 144 Å². The number of aliphatic hydroxyl groups excluding tert-OH is 2. The van der Waals surface area contributed by atoms with Crippen LogP contribution in [-0.4, -0.2) is 75.6 Å². The number of allylic oxidation sites excluding steroid dienone is 1. The van der Waals surface area contributed by atoms with Crippen molar-refractivity contribution in [2.75, 3.05) is 13.6 Å². The van der Waals surface area contributed by atoms with Gasteiger partial charge in [-0.15, -0.1) is 11.3 Å². The van der Waals surface area contributed by atoms with Gasteiger partial charge >= 0.3 is 0 Å². The summed E-state index contributed by atoms with van der Waals surface area (Å²) >= 11 is 1.22. The first-order chi connectivity index (χ1) is 23.2. The number of rotatable bonds is 18. The van der Waals surface area contributed by atoms with Crippen molar-refractivity contribution in [1.82, 2.24) is 25.8 Å². The fraction of sp³-hybridized carbons (Fsp3) is 0.632. The van der Waals surface area contributed by atoms with Gasteiger partial charge in [-0.1, -0.05) is 85.7 Å². The van der Waals surface area contributed by atoms with Crippen molar-refractivity contribution in [1.29, 1.82) is 0 Å². The zero-order valence-corrected chi connectivity index (χ0v) is 31.5. The van der Waals surface area contributed by atoms with E-state index in [1.54, 1.807) is 12.4 Å². The lowest BCUT2D eigenvalue weighted by Gasteiger charge is -2.39. The lowest BCUT2D eigenvalue weighted by Crippen LogP contribution is -2.58. The summed E-state index contributed by atoms with van der Waals surface area (Å²) < 4.78 is 0. The van der Waals surface area contributed by atoms with Crippen LogP contribution in [-0.2, 0) is 16.0 Å². The summed E-state index contributed by atoms with van der Waals surface area (Å²) in [4.78, 5) is 47.3. The van der Waals surface area contributed by atoms with Crippen LogP contribution in [0.4, 0.5) is 0 Å². The summed E-state index contributed by atoms with van der Waals surface area (Å²) in [6, 6.07) is 6.24. The molecule has 1 aliphatic carbocycles. The standard InChI is InChI=1S/C38H59N5O5S/c1-10-16-43(38(48)34(24(7)11-2)42-35(46)30(39-9)17-22(3)4)32(23(5)6)20-33(45)37-41-31(21-49-37)36(47)40-27-18-26-14-12-13-15-28(26)29(19-27)25(8)44/h12-15,21-24,27,29-30,32-34,39,44-45H,8,10-11,16-20H2,1-7,9H3,(H,40,47)(H,42,46)/t24-,27-,29-,30-,32+,33+,34-/m0/s1. The van der Waals surface area contributed by atoms with Gasteiger partial charge in [0.05, 0.1) is 11.8 Å². The molecule has 1 aromatic carbocycles. The molecule has 0 saturated carbocycles. The number of amides is 3. The molecule has 0 saturated heterocycles. The fourth-order valence-corrected chi connectivity index (χ4v) is 7.56. The predicted octanol–water partition coefficient (Wildman–Crippen LogP) is 5.89. The van der Waals surface area contributed by atoms with Crippen LogP contribution in [0, 0.1) is 17.8 Å². The number of benzene rings is 1. The Balaban J connectivity index is 1.76. The highest BCUT2D eigenvalue weighted by atomic mass is 32.1. The lowest BCUT2D eigenvalue weighted by molar-refractivity contribution is -0.142. The minimum Gasteiger partial charge on any atom is -0.512 e. The smallest absolute Gasteiger partial charge is 0.270 e. The van der Waals surface area contributed by atoms with Crippen molar-refractivity contribution < 1.29 is 24.6 Å². The number of carbonyl (C=O) groups excluding carboxylic acids is 3. The van der Waals surface area contributed by atoms with E-state index < -0.39 is 18.2 Å². The minimum atomic E-state index is -0.994. The first-order valence-corrected chi connectivity index (χ1v) is 18.8. The maximum absolute atomic E-state index is 14.3. The van der Waals surface area contributed by atoms with Crippen molar-refractivity contribution in [2.24, 2.45) is 17.8 Å². The number of aromatic nitrogens is 1. The van der Waals surface area contributed by atoms with Crippen molar-refractivity contribution in [3.05, 3.63) is 63.8 Å². The van der Waals surface area contributed by atoms with Crippen LogP contribution < -0.4 is 16.0 Å². The number of likely N-dealkylation sites (N-methyl/N-ethyl adjacent to an activating group) is 1. The highest BCUT2D eigenvalue weighted by Gasteiger charge is 2.37. The molecule has 0 spiro atoms. The molecule has 0 radical (unpaired) electrons. The Labute approximate surface area is 297 Å². The van der Waals surface area contributed by atoms with E-state index in [0.717, 1.165) is 17.5 Å². The molecule has 3 amide bonds. The maximum atomic E-state index is 14.3. The summed E-state index contributed by atoms with van der Waals surface area (Å²) in [7, 11) is 1.76. The number of hydrogen-bond acceptors (Lipinski definition) is 8. The first kappa shape index (κ1) is 40.2. The average molecular weight is 698 g/mol. The number of nitrogens with zero attached hydrogens (tertiary/aromatic N) is 2. The summed E-state index contributed by atoms with van der Waals surface area (Å²) in [6.07, 6.45) is 2.50. The SMILES string of the molecule is C=C(O)[C@@H]1C[C@@H](NC(=O)c2csc([C@H](O)C[C@H](C(C)C)N(CCC)C(=O)[C@@H](NC(=O)[C@H](CC(C)C)NC)[C@@H](C)CC)n2)Cc2ccccc21. The summed E-state index contributed by atoms with van der Waals surface area (Å²) in [5.41, 5.74) is 2.31. The van der Waals surface area contributed by atoms with Gasteiger partial charge in [0.15, 0.2) is 0 Å². The van der Waals surface area contributed by atoms with Gasteiger partial charge in [0, 0.05) is 36.3 Å². The molecule has 2 aromatic rings. The van der Waals surface area contributed by atoms with Crippen LogP contribution >= 0.6 is 11.3 Å². The first-order valence-electron chi connectivity index (χ1n) is 17.9. The van der Waals surface area contributed by atoms with Gasteiger partial charge in [0.1, 0.15) is 22.8 Å². The number of nitrogens with one attached hydrogen (secondary N) is 3. The summed E-state index contributed by atoms with van der Waals surface area (Å²) in [5, 5.41) is 33.0. The Hall–Kier alpha value is -3.28. The number of carbonyl (C=O) groups is 3. The third kappa shape index (κ3) is 10.6. The molecule has 10 nitrogen and oxygen atoms in total.